The summed E-state index contributed by atoms with van der Waals surface area (Å²) in [4.78, 5) is 38.9. The topological polar surface area (TPSA) is 140 Å². The SMILES string of the molecule is C/C=C(\C)C(=O)OC[C@@]12C(CC(C)(C)[C@@H](OC(=O)/C(C)=C/C)[C@@H]1O)C1=CCC3C4CC[C@H](O)[C@](C)(COC(=O)/C(C)=C/C)C4CCC3[C@]1(C)C[C@H]2O. The van der Waals surface area contributed by atoms with Crippen LogP contribution in [0.15, 0.2) is 46.6 Å². The number of fused-ring (bicyclic) bond motifs is 7. The van der Waals surface area contributed by atoms with Crippen molar-refractivity contribution in [2.75, 3.05) is 13.2 Å². The molecule has 0 aromatic heterocycles. The Morgan fingerprint density at radius 1 is 0.731 bits per heavy atom. The lowest BCUT2D eigenvalue weighted by Crippen LogP contribution is -2.70. The molecular formula is C43H64O9. The van der Waals surface area contributed by atoms with Crippen LogP contribution in [-0.2, 0) is 28.6 Å². The van der Waals surface area contributed by atoms with E-state index >= 15 is 0 Å². The zero-order valence-electron chi connectivity index (χ0n) is 33.2. The first-order valence-electron chi connectivity index (χ1n) is 19.5. The van der Waals surface area contributed by atoms with Crippen molar-refractivity contribution < 1.29 is 43.9 Å². The van der Waals surface area contributed by atoms with Crippen LogP contribution in [0.5, 0.6) is 0 Å². The summed E-state index contributed by atoms with van der Waals surface area (Å²) in [5.74, 6) is -0.603. The molecule has 0 aliphatic heterocycles. The minimum absolute atomic E-state index is 0.177. The van der Waals surface area contributed by atoms with Crippen LogP contribution in [0, 0.1) is 51.2 Å². The van der Waals surface area contributed by atoms with E-state index in [0.717, 1.165) is 25.7 Å². The van der Waals surface area contributed by atoms with Gasteiger partial charge in [0.15, 0.2) is 0 Å². The van der Waals surface area contributed by atoms with Crippen LogP contribution in [0.3, 0.4) is 0 Å². The predicted molar refractivity (Wildman–Crippen MR) is 198 cm³/mol. The molecule has 9 heteroatoms. The molecule has 0 amide bonds. The summed E-state index contributed by atoms with van der Waals surface area (Å²) in [5.41, 5.74) is -0.259. The first kappa shape index (κ1) is 40.4. The first-order chi connectivity index (χ1) is 24.3. The van der Waals surface area contributed by atoms with E-state index in [1.54, 1.807) is 52.8 Å². The number of rotatable bonds is 8. The van der Waals surface area contributed by atoms with Gasteiger partial charge in [-0.25, -0.2) is 14.4 Å². The van der Waals surface area contributed by atoms with Crippen LogP contribution in [0.4, 0.5) is 0 Å². The van der Waals surface area contributed by atoms with E-state index in [2.05, 4.69) is 19.9 Å². The van der Waals surface area contributed by atoms with Crippen molar-refractivity contribution in [3.05, 3.63) is 46.6 Å². The number of aliphatic hydroxyl groups is 3. The molecule has 0 heterocycles. The highest BCUT2D eigenvalue weighted by molar-refractivity contribution is 5.88. The molecule has 0 radical (unpaired) electrons. The lowest BCUT2D eigenvalue weighted by molar-refractivity contribution is -0.251. The normalized spacial score (nSPS) is 41.7. The molecule has 5 rings (SSSR count). The molecule has 290 valence electrons. The van der Waals surface area contributed by atoms with E-state index in [0.29, 0.717) is 47.8 Å². The molecule has 0 aromatic carbocycles. The molecule has 5 unspecified atom stereocenters. The van der Waals surface area contributed by atoms with Crippen molar-refractivity contribution in [3.63, 3.8) is 0 Å². The third-order valence-electron chi connectivity index (χ3n) is 14.9. The van der Waals surface area contributed by atoms with E-state index < -0.39 is 52.6 Å². The second kappa shape index (κ2) is 14.8. The van der Waals surface area contributed by atoms with Crippen molar-refractivity contribution in [2.24, 2.45) is 51.2 Å². The highest BCUT2D eigenvalue weighted by Gasteiger charge is 2.69. The highest BCUT2D eigenvalue weighted by atomic mass is 16.6. The van der Waals surface area contributed by atoms with Crippen LogP contribution in [0.1, 0.15) is 114 Å². The molecule has 4 fully saturated rings. The quantitative estimate of drug-likeness (QED) is 0.107. The molecule has 9 nitrogen and oxygen atoms in total. The van der Waals surface area contributed by atoms with Crippen molar-refractivity contribution >= 4 is 17.9 Å². The molecule has 0 bridgehead atoms. The molecule has 3 N–H and O–H groups in total. The minimum Gasteiger partial charge on any atom is -0.462 e. The molecule has 5 aliphatic carbocycles. The Morgan fingerprint density at radius 2 is 1.29 bits per heavy atom. The Hall–Kier alpha value is -2.75. The third kappa shape index (κ3) is 6.55. The van der Waals surface area contributed by atoms with Crippen molar-refractivity contribution in [3.8, 4) is 0 Å². The molecular weight excluding hydrogens is 660 g/mol. The summed E-state index contributed by atoms with van der Waals surface area (Å²) in [5, 5.41) is 36.4. The average Bonchev–Trinajstić information content (AvgIpc) is 3.11. The standard InChI is InChI=1S/C43H64O9/c1-11-24(4)37(47)50-22-42(10)30-18-17-29-27(28(30)15-19-33(42)44)14-16-31-32-20-40(7,8)36(52-39(49)26(6)13-3)35(46)43(32,34(45)21-41(29,31)9)23-51-38(48)25(5)12-2/h11-13,16,27-30,32-36,44-46H,14-15,17-23H2,1-10H3/b24-11+,25-12+,26-13+/t27?,28?,29?,30?,32?,33-,34+,35-,36-,41-,42+,43-/m0/s1. The number of carbonyl (C=O) groups is 3. The summed E-state index contributed by atoms with van der Waals surface area (Å²) in [6.45, 7) is 18.8. The predicted octanol–water partition coefficient (Wildman–Crippen LogP) is 6.80. The van der Waals surface area contributed by atoms with Crippen LogP contribution in [0.2, 0.25) is 0 Å². The Labute approximate surface area is 310 Å². The smallest absolute Gasteiger partial charge is 0.333 e. The molecule has 0 spiro atoms. The number of aliphatic hydroxyl groups excluding tert-OH is 3. The van der Waals surface area contributed by atoms with E-state index in [1.807, 2.05) is 20.8 Å². The lowest BCUT2D eigenvalue weighted by atomic mass is 9.39. The van der Waals surface area contributed by atoms with Gasteiger partial charge in [-0.05, 0) is 121 Å². The molecule has 4 saturated carbocycles. The van der Waals surface area contributed by atoms with Crippen molar-refractivity contribution in [1.29, 1.82) is 0 Å². The van der Waals surface area contributed by atoms with Gasteiger partial charge in [0, 0.05) is 27.5 Å². The molecule has 0 aromatic rings. The van der Waals surface area contributed by atoms with Gasteiger partial charge in [-0.1, -0.05) is 57.6 Å². The summed E-state index contributed by atoms with van der Waals surface area (Å²) >= 11 is 0. The summed E-state index contributed by atoms with van der Waals surface area (Å²) in [6, 6.07) is 0. The third-order valence-corrected chi connectivity index (χ3v) is 14.9. The molecule has 52 heavy (non-hydrogen) atoms. The maximum absolute atomic E-state index is 13.1. The van der Waals surface area contributed by atoms with Gasteiger partial charge in [-0.15, -0.1) is 0 Å². The number of carbonyl (C=O) groups excluding carboxylic acids is 3. The largest absolute Gasteiger partial charge is 0.462 e. The second-order valence-electron chi connectivity index (χ2n) is 17.9. The van der Waals surface area contributed by atoms with Gasteiger partial charge in [0.05, 0.1) is 24.2 Å². The number of hydrogen-bond acceptors (Lipinski definition) is 9. The number of allylic oxidation sites excluding steroid dienone is 5. The second-order valence-corrected chi connectivity index (χ2v) is 17.9. The van der Waals surface area contributed by atoms with E-state index in [1.165, 1.54) is 5.57 Å². The Bertz CT molecular complexity index is 1540. The molecule has 5 aliphatic rings. The Balaban J connectivity index is 1.52. The van der Waals surface area contributed by atoms with Crippen LogP contribution in [-0.4, -0.2) is 70.9 Å². The van der Waals surface area contributed by atoms with Gasteiger partial charge in [0.2, 0.25) is 0 Å². The van der Waals surface area contributed by atoms with Crippen LogP contribution in [0.25, 0.3) is 0 Å². The number of hydrogen-bond donors (Lipinski definition) is 3. The average molecular weight is 725 g/mol. The number of ether oxygens (including phenoxy) is 3. The van der Waals surface area contributed by atoms with Crippen LogP contribution >= 0.6 is 0 Å². The minimum atomic E-state index is -1.29. The zero-order chi connectivity index (χ0) is 38.6. The van der Waals surface area contributed by atoms with E-state index in [9.17, 15) is 29.7 Å². The Morgan fingerprint density at radius 3 is 1.88 bits per heavy atom. The summed E-state index contributed by atoms with van der Waals surface area (Å²) < 4.78 is 17.8. The fraction of sp³-hybridized carbons (Fsp3) is 0.744. The van der Waals surface area contributed by atoms with E-state index in [-0.39, 0.29) is 42.4 Å². The van der Waals surface area contributed by atoms with Gasteiger partial charge in [-0.2, -0.15) is 0 Å². The van der Waals surface area contributed by atoms with Gasteiger partial charge in [0.1, 0.15) is 18.8 Å². The van der Waals surface area contributed by atoms with E-state index in [4.69, 9.17) is 14.2 Å². The maximum Gasteiger partial charge on any atom is 0.333 e. The van der Waals surface area contributed by atoms with Gasteiger partial charge in [-0.3, -0.25) is 0 Å². The lowest BCUT2D eigenvalue weighted by Gasteiger charge is -2.67. The monoisotopic (exact) mass is 724 g/mol. The summed E-state index contributed by atoms with van der Waals surface area (Å²) in [6.07, 6.45) is 8.67. The zero-order valence-corrected chi connectivity index (χ0v) is 33.2. The molecule has 12 atom stereocenters. The molecule has 0 saturated heterocycles. The maximum atomic E-state index is 13.1. The summed E-state index contributed by atoms with van der Waals surface area (Å²) in [7, 11) is 0. The fourth-order valence-corrected chi connectivity index (χ4v) is 11.3. The Kier molecular flexibility index (Phi) is 11.5. The van der Waals surface area contributed by atoms with Crippen molar-refractivity contribution in [2.45, 2.75) is 139 Å². The fourth-order valence-electron chi connectivity index (χ4n) is 11.3. The van der Waals surface area contributed by atoms with Gasteiger partial charge < -0.3 is 29.5 Å². The van der Waals surface area contributed by atoms with Gasteiger partial charge >= 0.3 is 17.9 Å². The first-order valence-corrected chi connectivity index (χ1v) is 19.5. The van der Waals surface area contributed by atoms with Gasteiger partial charge in [0.25, 0.3) is 0 Å². The number of esters is 3. The highest BCUT2D eigenvalue weighted by Crippen LogP contribution is 2.69. The van der Waals surface area contributed by atoms with Crippen molar-refractivity contribution in [1.82, 2.24) is 0 Å². The van der Waals surface area contributed by atoms with Crippen LogP contribution < -0.4 is 0 Å².